The summed E-state index contributed by atoms with van der Waals surface area (Å²) in [5.74, 6) is 0.795. The summed E-state index contributed by atoms with van der Waals surface area (Å²) in [6.07, 6.45) is 3.86. The lowest BCUT2D eigenvalue weighted by molar-refractivity contribution is 0.125. The number of aliphatic hydroxyl groups is 1. The van der Waals surface area contributed by atoms with Crippen LogP contribution in [-0.4, -0.2) is 23.2 Å². The SMILES string of the molecule is CCC(NCc1ccncc1)C(O)c1ccc(OC)cc1. The van der Waals surface area contributed by atoms with Crippen molar-refractivity contribution in [2.45, 2.75) is 32.0 Å². The molecule has 112 valence electrons. The molecular formula is C17H22N2O2. The van der Waals surface area contributed by atoms with Crippen molar-refractivity contribution in [2.75, 3.05) is 7.11 Å². The van der Waals surface area contributed by atoms with Gasteiger partial charge in [0.05, 0.1) is 13.2 Å². The summed E-state index contributed by atoms with van der Waals surface area (Å²) < 4.78 is 5.14. The van der Waals surface area contributed by atoms with Gasteiger partial charge in [0.15, 0.2) is 0 Å². The summed E-state index contributed by atoms with van der Waals surface area (Å²) in [4.78, 5) is 4.00. The second kappa shape index (κ2) is 7.76. The quantitative estimate of drug-likeness (QED) is 0.821. The molecule has 21 heavy (non-hydrogen) atoms. The van der Waals surface area contributed by atoms with Crippen LogP contribution in [0.4, 0.5) is 0 Å². The van der Waals surface area contributed by atoms with Crippen molar-refractivity contribution < 1.29 is 9.84 Å². The minimum absolute atomic E-state index is 0.00607. The first-order chi connectivity index (χ1) is 10.2. The number of methoxy groups -OCH3 is 1. The van der Waals surface area contributed by atoms with Gasteiger partial charge in [0, 0.05) is 25.0 Å². The molecule has 0 amide bonds. The Balaban J connectivity index is 1.98. The molecule has 0 saturated heterocycles. The molecule has 1 heterocycles. The molecule has 2 N–H and O–H groups in total. The molecule has 4 nitrogen and oxygen atoms in total. The van der Waals surface area contributed by atoms with E-state index in [1.807, 2.05) is 36.4 Å². The third-order valence-electron chi connectivity index (χ3n) is 3.60. The number of aliphatic hydroxyl groups excluding tert-OH is 1. The lowest BCUT2D eigenvalue weighted by atomic mass is 10.00. The Morgan fingerprint density at radius 3 is 2.38 bits per heavy atom. The Labute approximate surface area is 125 Å². The number of rotatable bonds is 7. The molecule has 0 fully saturated rings. The Morgan fingerprint density at radius 2 is 1.81 bits per heavy atom. The van der Waals surface area contributed by atoms with Gasteiger partial charge >= 0.3 is 0 Å². The maximum absolute atomic E-state index is 10.5. The van der Waals surface area contributed by atoms with Crippen LogP contribution >= 0.6 is 0 Å². The van der Waals surface area contributed by atoms with Crippen LogP contribution in [0.15, 0.2) is 48.8 Å². The standard InChI is InChI=1S/C17H22N2O2/c1-3-16(19-12-13-8-10-18-11-9-13)17(20)14-4-6-15(21-2)7-5-14/h4-11,16-17,19-20H,3,12H2,1-2H3. The molecule has 0 bridgehead atoms. The number of nitrogens with one attached hydrogen (secondary N) is 1. The topological polar surface area (TPSA) is 54.4 Å². The molecule has 0 aliphatic rings. The van der Waals surface area contributed by atoms with Crippen molar-refractivity contribution in [3.8, 4) is 5.75 Å². The van der Waals surface area contributed by atoms with E-state index < -0.39 is 6.10 Å². The van der Waals surface area contributed by atoms with E-state index in [2.05, 4.69) is 17.2 Å². The largest absolute Gasteiger partial charge is 0.497 e. The number of hydrogen-bond donors (Lipinski definition) is 2. The monoisotopic (exact) mass is 286 g/mol. The van der Waals surface area contributed by atoms with Crippen LogP contribution in [0, 0.1) is 0 Å². The average molecular weight is 286 g/mol. The Kier molecular flexibility index (Phi) is 5.72. The summed E-state index contributed by atoms with van der Waals surface area (Å²) in [7, 11) is 1.64. The highest BCUT2D eigenvalue weighted by Gasteiger charge is 2.18. The second-order valence-corrected chi connectivity index (χ2v) is 4.97. The van der Waals surface area contributed by atoms with Crippen LogP contribution in [0.1, 0.15) is 30.6 Å². The van der Waals surface area contributed by atoms with E-state index in [-0.39, 0.29) is 6.04 Å². The number of ether oxygens (including phenoxy) is 1. The fourth-order valence-corrected chi connectivity index (χ4v) is 2.26. The highest BCUT2D eigenvalue weighted by molar-refractivity contribution is 5.29. The van der Waals surface area contributed by atoms with Gasteiger partial charge in [0.25, 0.3) is 0 Å². The third-order valence-corrected chi connectivity index (χ3v) is 3.60. The molecule has 2 unspecified atom stereocenters. The maximum Gasteiger partial charge on any atom is 0.118 e. The normalized spacial score (nSPS) is 13.7. The van der Waals surface area contributed by atoms with E-state index in [4.69, 9.17) is 4.74 Å². The molecule has 2 atom stereocenters. The van der Waals surface area contributed by atoms with Gasteiger partial charge < -0.3 is 15.2 Å². The average Bonchev–Trinajstić information content (AvgIpc) is 2.56. The molecule has 0 saturated carbocycles. The molecule has 0 radical (unpaired) electrons. The maximum atomic E-state index is 10.5. The first-order valence-electron chi connectivity index (χ1n) is 7.19. The number of pyridine rings is 1. The van der Waals surface area contributed by atoms with Crippen molar-refractivity contribution in [1.29, 1.82) is 0 Å². The first kappa shape index (κ1) is 15.5. The zero-order valence-corrected chi connectivity index (χ0v) is 12.5. The van der Waals surface area contributed by atoms with Crippen LogP contribution < -0.4 is 10.1 Å². The summed E-state index contributed by atoms with van der Waals surface area (Å²) in [5.41, 5.74) is 2.05. The lowest BCUT2D eigenvalue weighted by Gasteiger charge is -2.23. The van der Waals surface area contributed by atoms with Crippen LogP contribution in [-0.2, 0) is 6.54 Å². The van der Waals surface area contributed by atoms with Crippen molar-refractivity contribution in [3.05, 3.63) is 59.9 Å². The van der Waals surface area contributed by atoms with Gasteiger partial charge in [-0.3, -0.25) is 4.98 Å². The van der Waals surface area contributed by atoms with Crippen molar-refractivity contribution in [3.63, 3.8) is 0 Å². The van der Waals surface area contributed by atoms with Crippen LogP contribution in [0.2, 0.25) is 0 Å². The van der Waals surface area contributed by atoms with E-state index in [0.717, 1.165) is 23.3 Å². The van der Waals surface area contributed by atoms with Gasteiger partial charge in [0.1, 0.15) is 5.75 Å². The molecule has 1 aromatic carbocycles. The van der Waals surface area contributed by atoms with Gasteiger partial charge in [-0.15, -0.1) is 0 Å². The van der Waals surface area contributed by atoms with Gasteiger partial charge in [-0.05, 0) is 41.8 Å². The molecular weight excluding hydrogens is 264 g/mol. The molecule has 0 spiro atoms. The highest BCUT2D eigenvalue weighted by atomic mass is 16.5. The summed E-state index contributed by atoms with van der Waals surface area (Å²) in [5, 5.41) is 13.9. The number of hydrogen-bond acceptors (Lipinski definition) is 4. The van der Waals surface area contributed by atoms with Gasteiger partial charge in [0.2, 0.25) is 0 Å². The molecule has 0 aliphatic carbocycles. The summed E-state index contributed by atoms with van der Waals surface area (Å²) in [6, 6.07) is 11.5. The van der Waals surface area contributed by atoms with Crippen LogP contribution in [0.3, 0.4) is 0 Å². The van der Waals surface area contributed by atoms with Crippen molar-refractivity contribution in [1.82, 2.24) is 10.3 Å². The molecule has 2 aromatic rings. The highest BCUT2D eigenvalue weighted by Crippen LogP contribution is 2.22. The molecule has 1 aromatic heterocycles. The zero-order valence-electron chi connectivity index (χ0n) is 12.5. The third kappa shape index (κ3) is 4.28. The van der Waals surface area contributed by atoms with Crippen LogP contribution in [0.5, 0.6) is 5.75 Å². The van der Waals surface area contributed by atoms with Gasteiger partial charge in [-0.1, -0.05) is 19.1 Å². The van der Waals surface area contributed by atoms with E-state index in [1.54, 1.807) is 19.5 Å². The minimum atomic E-state index is -0.539. The summed E-state index contributed by atoms with van der Waals surface area (Å²) in [6.45, 7) is 2.78. The lowest BCUT2D eigenvalue weighted by Crippen LogP contribution is -2.34. The van der Waals surface area contributed by atoms with E-state index in [9.17, 15) is 5.11 Å². The fraction of sp³-hybridized carbons (Fsp3) is 0.353. The fourth-order valence-electron chi connectivity index (χ4n) is 2.26. The van der Waals surface area contributed by atoms with Gasteiger partial charge in [-0.25, -0.2) is 0 Å². The molecule has 0 aliphatic heterocycles. The molecule has 2 rings (SSSR count). The first-order valence-corrected chi connectivity index (χ1v) is 7.19. The zero-order chi connectivity index (χ0) is 15.1. The predicted octanol–water partition coefficient (Wildman–Crippen LogP) is 2.69. The number of nitrogens with zero attached hydrogens (tertiary/aromatic N) is 1. The molecule has 4 heteroatoms. The smallest absolute Gasteiger partial charge is 0.118 e. The summed E-state index contributed by atoms with van der Waals surface area (Å²) >= 11 is 0. The number of aromatic nitrogens is 1. The Hall–Kier alpha value is -1.91. The van der Waals surface area contributed by atoms with Crippen molar-refractivity contribution >= 4 is 0 Å². The van der Waals surface area contributed by atoms with Crippen LogP contribution in [0.25, 0.3) is 0 Å². The second-order valence-electron chi connectivity index (χ2n) is 4.97. The van der Waals surface area contributed by atoms with E-state index in [0.29, 0.717) is 6.54 Å². The Bertz CT molecular complexity index is 528. The van der Waals surface area contributed by atoms with E-state index >= 15 is 0 Å². The minimum Gasteiger partial charge on any atom is -0.497 e. The predicted molar refractivity (Wildman–Crippen MR) is 83.1 cm³/mol. The van der Waals surface area contributed by atoms with Gasteiger partial charge in [-0.2, -0.15) is 0 Å². The van der Waals surface area contributed by atoms with E-state index in [1.165, 1.54) is 0 Å². The number of benzene rings is 1. The Morgan fingerprint density at radius 1 is 1.14 bits per heavy atom. The van der Waals surface area contributed by atoms with Crippen molar-refractivity contribution in [2.24, 2.45) is 0 Å².